The van der Waals surface area contributed by atoms with Gasteiger partial charge in [-0.25, -0.2) is 9.78 Å². The van der Waals surface area contributed by atoms with Gasteiger partial charge in [0.1, 0.15) is 0 Å². The van der Waals surface area contributed by atoms with Gasteiger partial charge in [-0.3, -0.25) is 0 Å². The molecule has 0 N–H and O–H groups in total. The smallest absolute Gasteiger partial charge is 0.338 e. The number of benzene rings is 1. The average molecular weight is 263 g/mol. The van der Waals surface area contributed by atoms with Gasteiger partial charge in [0.25, 0.3) is 0 Å². The lowest BCUT2D eigenvalue weighted by molar-refractivity contribution is 0.0526. The highest BCUT2D eigenvalue weighted by Crippen LogP contribution is 2.31. The molecule has 1 heterocycles. The molecule has 3 nitrogen and oxygen atoms in total. The maximum atomic E-state index is 11.7. The van der Waals surface area contributed by atoms with Gasteiger partial charge in [-0.15, -0.1) is 11.3 Å². The molecule has 1 aromatic carbocycles. The van der Waals surface area contributed by atoms with Gasteiger partial charge in [0.2, 0.25) is 0 Å². The molecule has 0 bridgehead atoms. The first-order chi connectivity index (χ1) is 8.41. The molecule has 0 unspecified atom stereocenters. The summed E-state index contributed by atoms with van der Waals surface area (Å²) in [4.78, 5) is 16.3. The van der Waals surface area contributed by atoms with Crippen molar-refractivity contribution in [1.82, 2.24) is 4.98 Å². The Bertz CT molecular complexity index is 581. The number of carbonyl (C=O) groups is 1. The van der Waals surface area contributed by atoms with E-state index < -0.39 is 0 Å². The number of hydrogen-bond acceptors (Lipinski definition) is 4. The van der Waals surface area contributed by atoms with Gasteiger partial charge in [0.05, 0.1) is 27.4 Å². The molecule has 0 saturated heterocycles. The highest BCUT2D eigenvalue weighted by atomic mass is 32.1. The lowest BCUT2D eigenvalue weighted by atomic mass is 9.98. The molecule has 2 rings (SSSR count). The standard InChI is InChI=1S/C14H17NO2S/c1-5-17-12(16)9-6-7-10-11(8-9)18-13(15-10)14(2,3)4/h6-8H,5H2,1-4H3. The fourth-order valence-electron chi connectivity index (χ4n) is 1.59. The van der Waals surface area contributed by atoms with Crippen LogP contribution in [0.1, 0.15) is 43.1 Å². The summed E-state index contributed by atoms with van der Waals surface area (Å²) in [6, 6.07) is 5.51. The molecule has 4 heteroatoms. The Hall–Kier alpha value is -1.42. The summed E-state index contributed by atoms with van der Waals surface area (Å²) < 4.78 is 6.03. The van der Waals surface area contributed by atoms with E-state index in [4.69, 9.17) is 4.74 Å². The van der Waals surface area contributed by atoms with E-state index in [1.165, 1.54) is 0 Å². The van der Waals surface area contributed by atoms with Crippen LogP contribution < -0.4 is 0 Å². The van der Waals surface area contributed by atoms with E-state index in [1.807, 2.05) is 12.1 Å². The van der Waals surface area contributed by atoms with Crippen LogP contribution in [0.15, 0.2) is 18.2 Å². The largest absolute Gasteiger partial charge is 0.462 e. The second kappa shape index (κ2) is 4.69. The Balaban J connectivity index is 2.43. The van der Waals surface area contributed by atoms with Crippen LogP contribution in [0.25, 0.3) is 10.2 Å². The Morgan fingerprint density at radius 3 is 2.72 bits per heavy atom. The fourth-order valence-corrected chi connectivity index (χ4v) is 2.65. The molecule has 0 atom stereocenters. The number of esters is 1. The summed E-state index contributed by atoms with van der Waals surface area (Å²) in [7, 11) is 0. The van der Waals surface area contributed by atoms with Crippen LogP contribution in [-0.4, -0.2) is 17.6 Å². The Labute approximate surface area is 111 Å². The number of nitrogens with zero attached hydrogens (tertiary/aromatic N) is 1. The molecule has 0 aliphatic heterocycles. The second-order valence-electron chi connectivity index (χ2n) is 5.17. The normalized spacial score (nSPS) is 11.8. The van der Waals surface area contributed by atoms with Crippen LogP contribution in [-0.2, 0) is 10.2 Å². The number of thiazole rings is 1. The highest BCUT2D eigenvalue weighted by molar-refractivity contribution is 7.18. The van der Waals surface area contributed by atoms with Crippen LogP contribution in [0, 0.1) is 0 Å². The van der Waals surface area contributed by atoms with Crippen molar-refractivity contribution in [3.05, 3.63) is 28.8 Å². The Morgan fingerprint density at radius 2 is 2.11 bits per heavy atom. The summed E-state index contributed by atoms with van der Waals surface area (Å²) in [5.41, 5.74) is 1.57. The quantitative estimate of drug-likeness (QED) is 0.774. The zero-order chi connectivity index (χ0) is 13.3. The van der Waals surface area contributed by atoms with Crippen LogP contribution in [0.5, 0.6) is 0 Å². The number of aromatic nitrogens is 1. The molecule has 96 valence electrons. The van der Waals surface area contributed by atoms with Gasteiger partial charge in [0.15, 0.2) is 0 Å². The topological polar surface area (TPSA) is 39.2 Å². The van der Waals surface area contributed by atoms with E-state index >= 15 is 0 Å². The van der Waals surface area contributed by atoms with Gasteiger partial charge in [-0.05, 0) is 25.1 Å². The summed E-state index contributed by atoms with van der Waals surface area (Å²) in [5.74, 6) is -0.273. The third-order valence-electron chi connectivity index (χ3n) is 2.54. The summed E-state index contributed by atoms with van der Waals surface area (Å²) >= 11 is 1.63. The van der Waals surface area contributed by atoms with Gasteiger partial charge in [-0.2, -0.15) is 0 Å². The minimum Gasteiger partial charge on any atom is -0.462 e. The lowest BCUT2D eigenvalue weighted by Gasteiger charge is -2.13. The number of rotatable bonds is 2. The lowest BCUT2D eigenvalue weighted by Crippen LogP contribution is -2.09. The van der Waals surface area contributed by atoms with Crippen LogP contribution in [0.3, 0.4) is 0 Å². The SMILES string of the molecule is CCOC(=O)c1ccc2nc(C(C)(C)C)sc2c1. The van der Waals surface area contributed by atoms with E-state index in [1.54, 1.807) is 24.3 Å². The predicted octanol–water partition coefficient (Wildman–Crippen LogP) is 3.77. The van der Waals surface area contributed by atoms with Crippen molar-refractivity contribution in [2.24, 2.45) is 0 Å². The molecule has 0 aliphatic carbocycles. The number of ether oxygens (including phenoxy) is 1. The molecule has 0 fully saturated rings. The maximum Gasteiger partial charge on any atom is 0.338 e. The average Bonchev–Trinajstić information content (AvgIpc) is 2.71. The molecule has 2 aromatic rings. The van der Waals surface area contributed by atoms with Crippen LogP contribution in [0.2, 0.25) is 0 Å². The first kappa shape index (κ1) is 13.0. The first-order valence-corrected chi connectivity index (χ1v) is 6.81. The molecular weight excluding hydrogens is 246 g/mol. The zero-order valence-corrected chi connectivity index (χ0v) is 11.9. The number of hydrogen-bond donors (Lipinski definition) is 0. The molecular formula is C14H17NO2S. The molecule has 0 amide bonds. The second-order valence-corrected chi connectivity index (χ2v) is 6.20. The van der Waals surface area contributed by atoms with E-state index in [-0.39, 0.29) is 11.4 Å². The van der Waals surface area contributed by atoms with E-state index in [0.29, 0.717) is 12.2 Å². The zero-order valence-electron chi connectivity index (χ0n) is 11.1. The van der Waals surface area contributed by atoms with Crippen molar-refractivity contribution in [1.29, 1.82) is 0 Å². The van der Waals surface area contributed by atoms with Crippen LogP contribution in [0.4, 0.5) is 0 Å². The third kappa shape index (κ3) is 2.53. The summed E-state index contributed by atoms with van der Waals surface area (Å²) in [6.45, 7) is 8.61. The van der Waals surface area contributed by atoms with Crippen molar-refractivity contribution in [3.63, 3.8) is 0 Å². The van der Waals surface area contributed by atoms with Gasteiger partial charge >= 0.3 is 5.97 Å². The van der Waals surface area contributed by atoms with Gasteiger partial charge in [-0.1, -0.05) is 20.8 Å². The van der Waals surface area contributed by atoms with Crippen molar-refractivity contribution in [3.8, 4) is 0 Å². The summed E-state index contributed by atoms with van der Waals surface area (Å²) in [5, 5.41) is 1.08. The van der Waals surface area contributed by atoms with Crippen molar-refractivity contribution >= 4 is 27.5 Å². The van der Waals surface area contributed by atoms with Crippen molar-refractivity contribution in [2.45, 2.75) is 33.1 Å². The van der Waals surface area contributed by atoms with Crippen LogP contribution >= 0.6 is 11.3 Å². The van der Waals surface area contributed by atoms with E-state index in [2.05, 4.69) is 25.8 Å². The van der Waals surface area contributed by atoms with E-state index in [9.17, 15) is 4.79 Å². The third-order valence-corrected chi connectivity index (χ3v) is 3.99. The molecule has 0 radical (unpaired) electrons. The van der Waals surface area contributed by atoms with Gasteiger partial charge in [0, 0.05) is 5.41 Å². The van der Waals surface area contributed by atoms with Crippen molar-refractivity contribution < 1.29 is 9.53 Å². The van der Waals surface area contributed by atoms with Crippen molar-refractivity contribution in [2.75, 3.05) is 6.61 Å². The number of fused-ring (bicyclic) bond motifs is 1. The summed E-state index contributed by atoms with van der Waals surface area (Å²) in [6.07, 6.45) is 0. The Kier molecular flexibility index (Phi) is 3.39. The highest BCUT2D eigenvalue weighted by Gasteiger charge is 2.19. The maximum absolute atomic E-state index is 11.7. The Morgan fingerprint density at radius 1 is 1.39 bits per heavy atom. The molecule has 0 spiro atoms. The van der Waals surface area contributed by atoms with E-state index in [0.717, 1.165) is 15.2 Å². The molecule has 18 heavy (non-hydrogen) atoms. The molecule has 0 saturated carbocycles. The molecule has 0 aliphatic rings. The van der Waals surface area contributed by atoms with Gasteiger partial charge < -0.3 is 4.74 Å². The number of carbonyl (C=O) groups excluding carboxylic acids is 1. The molecule has 1 aromatic heterocycles. The predicted molar refractivity (Wildman–Crippen MR) is 74.3 cm³/mol. The first-order valence-electron chi connectivity index (χ1n) is 6.00. The minimum absolute atomic E-state index is 0.0355. The minimum atomic E-state index is -0.273. The monoisotopic (exact) mass is 263 g/mol. The fraction of sp³-hybridized carbons (Fsp3) is 0.429.